The highest BCUT2D eigenvalue weighted by atomic mass is 16.7. The minimum atomic E-state index is -0.513. The van der Waals surface area contributed by atoms with E-state index in [1.807, 2.05) is 0 Å². The summed E-state index contributed by atoms with van der Waals surface area (Å²) in [4.78, 5) is 27.1. The number of carbonyl (C=O) groups excluding carboxylic acids is 1. The van der Waals surface area contributed by atoms with Gasteiger partial charge in [-0.3, -0.25) is 24.4 Å². The number of non-ortho nitro benzene ring substituents is 1. The predicted octanol–water partition coefficient (Wildman–Crippen LogP) is 1.11. The van der Waals surface area contributed by atoms with Crippen molar-refractivity contribution in [3.8, 4) is 0 Å². The molecule has 0 aliphatic carbocycles. The Morgan fingerprint density at radius 1 is 1.53 bits per heavy atom. The smallest absolute Gasteiger partial charge is 0.274 e. The first-order valence-electron chi connectivity index (χ1n) is 5.39. The highest BCUT2D eigenvalue weighted by Gasteiger charge is 2.21. The maximum absolute atomic E-state index is 12.0. The summed E-state index contributed by atoms with van der Waals surface area (Å²) in [6.07, 6.45) is 0. The monoisotopic (exact) mass is 264 g/mol. The molecule has 0 aliphatic heterocycles. The largest absolute Gasteiger partial charge is 0.298 e. The average Bonchev–Trinajstić information content (AvgIpc) is 2.73. The number of aryl methyl sites for hydroxylation is 1. The minimum Gasteiger partial charge on any atom is -0.274 e. The van der Waals surface area contributed by atoms with Gasteiger partial charge in [0, 0.05) is 31.6 Å². The van der Waals surface area contributed by atoms with E-state index >= 15 is 0 Å². The van der Waals surface area contributed by atoms with Crippen LogP contribution in [0.2, 0.25) is 0 Å². The molecule has 8 nitrogen and oxygen atoms in total. The van der Waals surface area contributed by atoms with Crippen molar-refractivity contribution >= 4 is 22.5 Å². The summed E-state index contributed by atoms with van der Waals surface area (Å²) in [6, 6.07) is 4.27. The zero-order chi connectivity index (χ0) is 14.2. The lowest BCUT2D eigenvalue weighted by Crippen LogP contribution is -2.26. The van der Waals surface area contributed by atoms with Crippen LogP contribution in [-0.4, -0.2) is 39.8 Å². The molecule has 19 heavy (non-hydrogen) atoms. The van der Waals surface area contributed by atoms with Gasteiger partial charge in [-0.25, -0.2) is 5.06 Å². The molecular weight excluding hydrogens is 252 g/mol. The van der Waals surface area contributed by atoms with Crippen LogP contribution in [0.3, 0.4) is 0 Å². The van der Waals surface area contributed by atoms with Crippen LogP contribution < -0.4 is 0 Å². The molecule has 0 N–H and O–H groups in total. The Hall–Kier alpha value is -2.48. The Balaban J connectivity index is 2.64. The summed E-state index contributed by atoms with van der Waals surface area (Å²) in [7, 11) is 4.46. The third-order valence-corrected chi connectivity index (χ3v) is 2.81. The molecule has 1 amide bonds. The van der Waals surface area contributed by atoms with Gasteiger partial charge in [0.2, 0.25) is 0 Å². The third-order valence-electron chi connectivity index (χ3n) is 2.81. The molecule has 0 atom stereocenters. The van der Waals surface area contributed by atoms with Crippen LogP contribution in [-0.2, 0) is 11.9 Å². The van der Waals surface area contributed by atoms with Crippen molar-refractivity contribution in [1.29, 1.82) is 0 Å². The highest BCUT2D eigenvalue weighted by Crippen LogP contribution is 2.24. The van der Waals surface area contributed by atoms with E-state index in [1.165, 1.54) is 31.0 Å². The topological polar surface area (TPSA) is 90.5 Å². The van der Waals surface area contributed by atoms with Crippen LogP contribution in [0.4, 0.5) is 5.69 Å². The maximum Gasteiger partial charge on any atom is 0.298 e. The van der Waals surface area contributed by atoms with Crippen LogP contribution in [0.15, 0.2) is 18.2 Å². The fourth-order valence-electron chi connectivity index (χ4n) is 1.76. The number of hydroxylamine groups is 2. The Labute approximate surface area is 108 Å². The molecule has 2 aromatic rings. The number of amides is 1. The zero-order valence-corrected chi connectivity index (χ0v) is 10.7. The SMILES string of the molecule is CON(C)C(=O)c1nn(C)c2ccc([N+](=O)[O-])cc12. The van der Waals surface area contributed by atoms with Gasteiger partial charge in [-0.1, -0.05) is 0 Å². The fraction of sp³-hybridized carbons (Fsp3) is 0.273. The number of nitro groups is 1. The molecule has 0 radical (unpaired) electrons. The van der Waals surface area contributed by atoms with Gasteiger partial charge in [0.05, 0.1) is 17.5 Å². The molecule has 0 unspecified atom stereocenters. The normalized spacial score (nSPS) is 10.7. The van der Waals surface area contributed by atoms with Crippen LogP contribution >= 0.6 is 0 Å². The molecule has 0 fully saturated rings. The zero-order valence-electron chi connectivity index (χ0n) is 10.7. The summed E-state index contributed by atoms with van der Waals surface area (Å²) in [5.41, 5.74) is 0.665. The van der Waals surface area contributed by atoms with Crippen molar-refractivity contribution in [3.63, 3.8) is 0 Å². The van der Waals surface area contributed by atoms with Gasteiger partial charge in [-0.2, -0.15) is 5.10 Å². The van der Waals surface area contributed by atoms with Gasteiger partial charge in [0.15, 0.2) is 5.69 Å². The molecule has 0 bridgehead atoms. The maximum atomic E-state index is 12.0. The quantitative estimate of drug-likeness (QED) is 0.612. The van der Waals surface area contributed by atoms with E-state index in [0.717, 1.165) is 5.06 Å². The molecule has 1 aromatic heterocycles. The van der Waals surface area contributed by atoms with E-state index in [9.17, 15) is 14.9 Å². The highest BCUT2D eigenvalue weighted by molar-refractivity contribution is 6.04. The van der Waals surface area contributed by atoms with Crippen molar-refractivity contribution < 1.29 is 14.6 Å². The number of nitro benzene ring substituents is 1. The first-order valence-corrected chi connectivity index (χ1v) is 5.39. The van der Waals surface area contributed by atoms with E-state index < -0.39 is 10.8 Å². The number of hydrogen-bond acceptors (Lipinski definition) is 5. The second-order valence-corrected chi connectivity index (χ2v) is 3.92. The summed E-state index contributed by atoms with van der Waals surface area (Å²) in [5.74, 6) is -0.464. The van der Waals surface area contributed by atoms with E-state index in [4.69, 9.17) is 4.84 Å². The van der Waals surface area contributed by atoms with Gasteiger partial charge in [0.1, 0.15) is 0 Å². The Bertz CT molecular complexity index is 664. The fourth-order valence-corrected chi connectivity index (χ4v) is 1.76. The van der Waals surface area contributed by atoms with Gasteiger partial charge in [0.25, 0.3) is 11.6 Å². The predicted molar refractivity (Wildman–Crippen MR) is 66.5 cm³/mol. The van der Waals surface area contributed by atoms with Gasteiger partial charge < -0.3 is 0 Å². The molecule has 0 aliphatic rings. The Morgan fingerprint density at radius 3 is 2.79 bits per heavy atom. The summed E-state index contributed by atoms with van der Waals surface area (Å²) >= 11 is 0. The number of rotatable bonds is 3. The number of nitrogens with zero attached hydrogens (tertiary/aromatic N) is 4. The Morgan fingerprint density at radius 2 is 2.21 bits per heavy atom. The number of fused-ring (bicyclic) bond motifs is 1. The van der Waals surface area contributed by atoms with E-state index in [0.29, 0.717) is 10.9 Å². The van der Waals surface area contributed by atoms with E-state index in [1.54, 1.807) is 13.1 Å². The van der Waals surface area contributed by atoms with Crippen molar-refractivity contribution in [2.24, 2.45) is 7.05 Å². The second kappa shape index (κ2) is 4.65. The van der Waals surface area contributed by atoms with Crippen LogP contribution in [0, 0.1) is 10.1 Å². The van der Waals surface area contributed by atoms with Crippen molar-refractivity contribution in [3.05, 3.63) is 34.0 Å². The Kier molecular flexibility index (Phi) is 3.17. The van der Waals surface area contributed by atoms with Crippen molar-refractivity contribution in [2.75, 3.05) is 14.2 Å². The first-order chi connectivity index (χ1) is 8.95. The average molecular weight is 264 g/mol. The number of benzene rings is 1. The van der Waals surface area contributed by atoms with Crippen LogP contribution in [0.25, 0.3) is 10.9 Å². The molecule has 2 rings (SSSR count). The standard InChI is InChI=1S/C11H12N4O4/c1-13-9-5-4-7(15(17)18)6-8(9)10(12-13)11(16)14(2)19-3/h4-6H,1-3H3. The van der Waals surface area contributed by atoms with Crippen molar-refractivity contribution in [1.82, 2.24) is 14.8 Å². The third kappa shape index (κ3) is 2.13. The number of carbonyl (C=O) groups is 1. The van der Waals surface area contributed by atoms with Crippen molar-refractivity contribution in [2.45, 2.75) is 0 Å². The first kappa shape index (κ1) is 13.0. The molecule has 8 heteroatoms. The van der Waals surface area contributed by atoms with Gasteiger partial charge in [-0.05, 0) is 6.07 Å². The van der Waals surface area contributed by atoms with E-state index in [2.05, 4.69) is 5.10 Å². The molecule has 0 saturated carbocycles. The molecular formula is C11H12N4O4. The molecule has 0 saturated heterocycles. The number of hydrogen-bond donors (Lipinski definition) is 0. The summed E-state index contributed by atoms with van der Waals surface area (Å²) in [6.45, 7) is 0. The second-order valence-electron chi connectivity index (χ2n) is 3.92. The number of aromatic nitrogens is 2. The van der Waals surface area contributed by atoms with Gasteiger partial charge >= 0.3 is 0 Å². The minimum absolute atomic E-state index is 0.0883. The molecule has 1 aromatic carbocycles. The summed E-state index contributed by atoms with van der Waals surface area (Å²) in [5, 5.41) is 16.3. The van der Waals surface area contributed by atoms with Gasteiger partial charge in [-0.15, -0.1) is 0 Å². The molecule has 1 heterocycles. The lowest BCUT2D eigenvalue weighted by molar-refractivity contribution is -0.384. The lowest BCUT2D eigenvalue weighted by atomic mass is 10.2. The molecule has 100 valence electrons. The lowest BCUT2D eigenvalue weighted by Gasteiger charge is -2.11. The molecule has 0 spiro atoms. The van der Waals surface area contributed by atoms with Crippen LogP contribution in [0.1, 0.15) is 10.5 Å². The van der Waals surface area contributed by atoms with Crippen LogP contribution in [0.5, 0.6) is 0 Å². The summed E-state index contributed by atoms with van der Waals surface area (Å²) < 4.78 is 1.50. The van der Waals surface area contributed by atoms with E-state index in [-0.39, 0.29) is 11.4 Å².